The Morgan fingerprint density at radius 1 is 0.966 bits per heavy atom. The molecule has 0 spiro atoms. The van der Waals surface area contributed by atoms with E-state index in [0.717, 1.165) is 25.7 Å². The highest BCUT2D eigenvalue weighted by atomic mass is 16.6. The summed E-state index contributed by atoms with van der Waals surface area (Å²) in [5.74, 6) is -0.444. The van der Waals surface area contributed by atoms with Crippen LogP contribution in [0.15, 0.2) is 12.2 Å². The molecule has 3 saturated carbocycles. The molecule has 162 valence electrons. The van der Waals surface area contributed by atoms with Gasteiger partial charge in [-0.3, -0.25) is 4.79 Å². The molecular weight excluding hydrogens is 368 g/mol. The van der Waals surface area contributed by atoms with Crippen LogP contribution in [0.3, 0.4) is 0 Å². The number of hydrogen-bond donors (Lipinski definition) is 1. The van der Waals surface area contributed by atoms with Crippen LogP contribution in [0.2, 0.25) is 0 Å². The molecule has 5 heteroatoms. The highest BCUT2D eigenvalue weighted by Gasteiger charge is 2.48. The molecule has 1 N–H and O–H groups in total. The molecule has 4 aliphatic rings. The summed E-state index contributed by atoms with van der Waals surface area (Å²) in [5, 5.41) is 10.1. The monoisotopic (exact) mass is 404 g/mol. The zero-order valence-corrected chi connectivity index (χ0v) is 17.7. The van der Waals surface area contributed by atoms with Crippen molar-refractivity contribution in [3.8, 4) is 0 Å². The van der Waals surface area contributed by atoms with E-state index in [0.29, 0.717) is 18.3 Å². The van der Waals surface area contributed by atoms with E-state index in [1.165, 1.54) is 38.5 Å². The average Bonchev–Trinajstić information content (AvgIpc) is 3.27. The number of aliphatic hydroxyl groups excluding tert-OH is 1. The van der Waals surface area contributed by atoms with Gasteiger partial charge in [0.15, 0.2) is 6.61 Å². The van der Waals surface area contributed by atoms with Crippen molar-refractivity contribution in [2.75, 3.05) is 6.61 Å². The lowest BCUT2D eigenvalue weighted by atomic mass is 9.67. The Labute approximate surface area is 174 Å². The third kappa shape index (κ3) is 4.26. The second-order valence-electron chi connectivity index (χ2n) is 9.89. The van der Waals surface area contributed by atoms with E-state index in [1.54, 1.807) is 0 Å². The summed E-state index contributed by atoms with van der Waals surface area (Å²) >= 11 is 0. The number of esters is 2. The number of carbonyl (C=O) groups excluding carboxylic acids is 2. The molecule has 0 aliphatic heterocycles. The second kappa shape index (κ2) is 8.79. The van der Waals surface area contributed by atoms with Crippen molar-refractivity contribution in [3.63, 3.8) is 0 Å². The summed E-state index contributed by atoms with van der Waals surface area (Å²) in [4.78, 5) is 25.2. The predicted molar refractivity (Wildman–Crippen MR) is 109 cm³/mol. The Hall–Kier alpha value is -1.36. The van der Waals surface area contributed by atoms with E-state index < -0.39 is 17.7 Å². The zero-order valence-electron chi connectivity index (χ0n) is 17.7. The summed E-state index contributed by atoms with van der Waals surface area (Å²) in [7, 11) is 0. The van der Waals surface area contributed by atoms with Gasteiger partial charge < -0.3 is 14.6 Å². The van der Waals surface area contributed by atoms with Crippen molar-refractivity contribution in [1.82, 2.24) is 0 Å². The van der Waals surface area contributed by atoms with Crippen LogP contribution in [0.1, 0.15) is 77.6 Å². The second-order valence-corrected chi connectivity index (χ2v) is 9.89. The topological polar surface area (TPSA) is 72.8 Å². The van der Waals surface area contributed by atoms with E-state index in [1.807, 2.05) is 12.2 Å². The van der Waals surface area contributed by atoms with Crippen molar-refractivity contribution in [2.45, 2.75) is 89.3 Å². The minimum atomic E-state index is -0.486. The van der Waals surface area contributed by atoms with E-state index in [4.69, 9.17) is 9.47 Å². The van der Waals surface area contributed by atoms with E-state index >= 15 is 0 Å². The summed E-state index contributed by atoms with van der Waals surface area (Å²) in [6.07, 6.45) is 15.9. The molecule has 4 unspecified atom stereocenters. The van der Waals surface area contributed by atoms with Crippen LogP contribution < -0.4 is 0 Å². The largest absolute Gasteiger partial charge is 0.456 e. The molecule has 4 aliphatic carbocycles. The maximum Gasteiger partial charge on any atom is 0.344 e. The quantitative estimate of drug-likeness (QED) is 0.531. The lowest BCUT2D eigenvalue weighted by Gasteiger charge is -2.46. The number of fused-ring (bicyclic) bond motifs is 2. The third-order valence-corrected chi connectivity index (χ3v) is 8.20. The van der Waals surface area contributed by atoms with Gasteiger partial charge in [0.25, 0.3) is 0 Å². The Morgan fingerprint density at radius 2 is 1.55 bits per heavy atom. The number of ether oxygens (including phenoxy) is 2. The van der Waals surface area contributed by atoms with Crippen LogP contribution >= 0.6 is 0 Å². The normalized spacial score (nSPS) is 33.0. The van der Waals surface area contributed by atoms with Gasteiger partial charge in [-0.15, -0.1) is 0 Å². The van der Waals surface area contributed by atoms with Gasteiger partial charge in [-0.2, -0.15) is 0 Å². The van der Waals surface area contributed by atoms with Crippen molar-refractivity contribution in [1.29, 1.82) is 0 Å². The molecule has 0 aromatic heterocycles. The standard InChI is InChI=1S/C24H36O5/c1-24(17-8-4-2-5-9-17,18-10-6-3-7-11-18)29-21(25)15-28-23(27)20-14-16-12-13-19(20)22(16)26/h12-13,16-20,22,26H,2-11,14-15H2,1H3. The molecule has 4 atom stereocenters. The van der Waals surface area contributed by atoms with Crippen molar-refractivity contribution in [2.24, 2.45) is 29.6 Å². The van der Waals surface area contributed by atoms with Crippen molar-refractivity contribution >= 4 is 11.9 Å². The van der Waals surface area contributed by atoms with Gasteiger partial charge in [-0.1, -0.05) is 50.7 Å². The Bertz CT molecular complexity index is 611. The summed E-state index contributed by atoms with van der Waals surface area (Å²) < 4.78 is 11.5. The van der Waals surface area contributed by atoms with Crippen molar-refractivity contribution in [3.05, 3.63) is 12.2 Å². The third-order valence-electron chi connectivity index (χ3n) is 8.20. The fourth-order valence-electron chi connectivity index (χ4n) is 6.44. The number of rotatable bonds is 6. The van der Waals surface area contributed by atoms with Gasteiger partial charge in [0.2, 0.25) is 0 Å². The zero-order chi connectivity index (χ0) is 20.4. The number of hydrogen-bond acceptors (Lipinski definition) is 5. The fraction of sp³-hybridized carbons (Fsp3) is 0.833. The van der Waals surface area contributed by atoms with Crippen LogP contribution in [0.25, 0.3) is 0 Å². The predicted octanol–water partition coefficient (Wildman–Crippen LogP) is 4.18. The maximum absolute atomic E-state index is 12.7. The molecule has 0 saturated heterocycles. The van der Waals surface area contributed by atoms with Gasteiger partial charge in [-0.05, 0) is 50.9 Å². The molecule has 3 fully saturated rings. The molecule has 0 amide bonds. The van der Waals surface area contributed by atoms with Gasteiger partial charge in [0, 0.05) is 11.8 Å². The summed E-state index contributed by atoms with van der Waals surface area (Å²) in [6.45, 7) is 1.82. The van der Waals surface area contributed by atoms with Gasteiger partial charge in [0.05, 0.1) is 12.0 Å². The first-order valence-corrected chi connectivity index (χ1v) is 11.7. The fourth-order valence-corrected chi connectivity index (χ4v) is 6.44. The molecule has 0 aromatic carbocycles. The van der Waals surface area contributed by atoms with Crippen LogP contribution in [-0.4, -0.2) is 35.4 Å². The minimum absolute atomic E-state index is 0.0467. The van der Waals surface area contributed by atoms with Crippen LogP contribution in [0.4, 0.5) is 0 Å². The van der Waals surface area contributed by atoms with Gasteiger partial charge in [-0.25, -0.2) is 4.79 Å². The first kappa shape index (κ1) is 20.9. The molecule has 5 nitrogen and oxygen atoms in total. The lowest BCUT2D eigenvalue weighted by Crippen LogP contribution is -2.48. The Morgan fingerprint density at radius 3 is 2.03 bits per heavy atom. The highest BCUT2D eigenvalue weighted by Crippen LogP contribution is 2.46. The van der Waals surface area contributed by atoms with Gasteiger partial charge >= 0.3 is 11.9 Å². The molecule has 0 aromatic rings. The summed E-state index contributed by atoms with van der Waals surface area (Å²) in [6, 6.07) is 0. The molecule has 0 heterocycles. The van der Waals surface area contributed by atoms with Gasteiger partial charge in [0.1, 0.15) is 5.60 Å². The highest BCUT2D eigenvalue weighted by molar-refractivity contribution is 5.79. The molecule has 4 rings (SSSR count). The van der Waals surface area contributed by atoms with Crippen LogP contribution in [0, 0.1) is 29.6 Å². The first-order chi connectivity index (χ1) is 14.0. The average molecular weight is 405 g/mol. The van der Waals surface area contributed by atoms with E-state index in [-0.39, 0.29) is 30.3 Å². The Kier molecular flexibility index (Phi) is 6.33. The molecule has 0 radical (unpaired) electrons. The lowest BCUT2D eigenvalue weighted by molar-refractivity contribution is -0.185. The maximum atomic E-state index is 12.7. The summed E-state index contributed by atoms with van der Waals surface area (Å²) in [5.41, 5.74) is -0.449. The van der Waals surface area contributed by atoms with E-state index in [9.17, 15) is 14.7 Å². The van der Waals surface area contributed by atoms with Crippen molar-refractivity contribution < 1.29 is 24.2 Å². The number of carbonyl (C=O) groups is 2. The Balaban J connectivity index is 1.35. The first-order valence-electron chi connectivity index (χ1n) is 11.7. The van der Waals surface area contributed by atoms with E-state index in [2.05, 4.69) is 6.92 Å². The molecular formula is C24H36O5. The minimum Gasteiger partial charge on any atom is -0.456 e. The van der Waals surface area contributed by atoms with Crippen LogP contribution in [-0.2, 0) is 19.1 Å². The molecule has 29 heavy (non-hydrogen) atoms. The molecule has 2 bridgehead atoms. The number of aliphatic hydroxyl groups is 1. The smallest absolute Gasteiger partial charge is 0.344 e. The van der Waals surface area contributed by atoms with Crippen LogP contribution in [0.5, 0.6) is 0 Å². The SMILES string of the molecule is CC(OC(=O)COC(=O)C1CC2C=CC1C2O)(C1CCCCC1)C1CCCCC1.